The van der Waals surface area contributed by atoms with Crippen molar-refractivity contribution in [3.05, 3.63) is 11.7 Å². The summed E-state index contributed by atoms with van der Waals surface area (Å²) >= 11 is 0. The van der Waals surface area contributed by atoms with Crippen LogP contribution in [0.4, 0.5) is 0 Å². The third-order valence-electron chi connectivity index (χ3n) is 3.62. The lowest BCUT2D eigenvalue weighted by Gasteiger charge is -2.23. The summed E-state index contributed by atoms with van der Waals surface area (Å²) in [7, 11) is 1.92. The van der Waals surface area contributed by atoms with Crippen molar-refractivity contribution in [2.75, 3.05) is 20.3 Å². The van der Waals surface area contributed by atoms with E-state index in [1.807, 2.05) is 14.0 Å². The lowest BCUT2D eigenvalue weighted by atomic mass is 10.1. The van der Waals surface area contributed by atoms with E-state index in [0.717, 1.165) is 25.9 Å². The molecule has 21 heavy (non-hydrogen) atoms. The molecule has 1 aromatic rings. The van der Waals surface area contributed by atoms with Crippen LogP contribution in [0.2, 0.25) is 0 Å². The smallest absolute Gasteiger partial charge is 0.255 e. The van der Waals surface area contributed by atoms with Crippen LogP contribution < -0.4 is 5.32 Å². The number of hydrogen-bond acceptors (Lipinski definition) is 6. The van der Waals surface area contributed by atoms with E-state index in [2.05, 4.69) is 22.4 Å². The van der Waals surface area contributed by atoms with E-state index in [4.69, 9.17) is 14.0 Å². The molecule has 0 aromatic carbocycles. The van der Waals surface area contributed by atoms with Crippen LogP contribution in [0.5, 0.6) is 0 Å². The van der Waals surface area contributed by atoms with Crippen molar-refractivity contribution in [1.82, 2.24) is 15.5 Å². The first kappa shape index (κ1) is 18.4. The Hall–Kier alpha value is -0.690. The molecule has 0 aliphatic carbocycles. The molecule has 3 atom stereocenters. The summed E-state index contributed by atoms with van der Waals surface area (Å²) in [6, 6.07) is 0.326. The lowest BCUT2D eigenvalue weighted by molar-refractivity contribution is -0.0656. The topological polar surface area (TPSA) is 69.4 Å². The summed E-state index contributed by atoms with van der Waals surface area (Å²) in [6.07, 6.45) is 4.21. The predicted octanol–water partition coefficient (Wildman–Crippen LogP) is 2.29. The second-order valence-corrected chi connectivity index (χ2v) is 5.41. The molecule has 2 rings (SSSR count). The number of halogens is 1. The molecule has 0 amide bonds. The minimum absolute atomic E-state index is 0. The summed E-state index contributed by atoms with van der Waals surface area (Å²) in [4.78, 5) is 4.38. The van der Waals surface area contributed by atoms with Crippen LogP contribution in [0.25, 0.3) is 0 Å². The minimum atomic E-state index is -0.188. The third-order valence-corrected chi connectivity index (χ3v) is 3.62. The van der Waals surface area contributed by atoms with Gasteiger partial charge in [-0.3, -0.25) is 0 Å². The van der Waals surface area contributed by atoms with Crippen molar-refractivity contribution >= 4 is 12.4 Å². The number of hydrogen-bond donors (Lipinski definition) is 1. The van der Waals surface area contributed by atoms with Crippen LogP contribution in [0.15, 0.2) is 4.52 Å². The van der Waals surface area contributed by atoms with Crippen molar-refractivity contribution in [2.24, 2.45) is 0 Å². The molecule has 7 heteroatoms. The van der Waals surface area contributed by atoms with Crippen LogP contribution in [-0.4, -0.2) is 42.5 Å². The van der Waals surface area contributed by atoms with Gasteiger partial charge in [-0.1, -0.05) is 5.16 Å². The van der Waals surface area contributed by atoms with E-state index in [-0.39, 0.29) is 24.6 Å². The molecule has 122 valence electrons. The van der Waals surface area contributed by atoms with E-state index in [1.54, 1.807) is 0 Å². The summed E-state index contributed by atoms with van der Waals surface area (Å²) in [5.41, 5.74) is 0. The molecule has 1 aliphatic heterocycles. The fourth-order valence-electron chi connectivity index (χ4n) is 2.15. The number of likely N-dealkylation sites (N-methyl/N-ethyl adjacent to an activating group) is 1. The zero-order valence-corrected chi connectivity index (χ0v) is 13.8. The lowest BCUT2D eigenvalue weighted by Crippen LogP contribution is -2.25. The zero-order valence-electron chi connectivity index (χ0n) is 13.0. The Kier molecular flexibility index (Phi) is 8.18. The van der Waals surface area contributed by atoms with Crippen LogP contribution in [0.1, 0.15) is 50.9 Å². The average molecular weight is 320 g/mol. The van der Waals surface area contributed by atoms with Gasteiger partial charge in [0.05, 0.1) is 12.7 Å². The Balaban J connectivity index is 0.00000220. The van der Waals surface area contributed by atoms with Gasteiger partial charge >= 0.3 is 0 Å². The molecular weight excluding hydrogens is 294 g/mol. The largest absolute Gasteiger partial charge is 0.376 e. The fraction of sp³-hybridized carbons (Fsp3) is 0.857. The summed E-state index contributed by atoms with van der Waals surface area (Å²) in [6.45, 7) is 5.44. The van der Waals surface area contributed by atoms with Gasteiger partial charge in [0.15, 0.2) is 5.82 Å². The highest BCUT2D eigenvalue weighted by atomic mass is 35.5. The Morgan fingerprint density at radius 3 is 2.86 bits per heavy atom. The molecule has 0 radical (unpaired) electrons. The van der Waals surface area contributed by atoms with Gasteiger partial charge in [0.25, 0.3) is 5.89 Å². The maximum Gasteiger partial charge on any atom is 0.255 e. The van der Waals surface area contributed by atoms with Gasteiger partial charge in [0, 0.05) is 19.1 Å². The van der Waals surface area contributed by atoms with E-state index in [0.29, 0.717) is 24.4 Å². The van der Waals surface area contributed by atoms with Gasteiger partial charge in [-0.05, 0) is 40.2 Å². The normalized spacial score (nSPS) is 21.6. The first-order valence-corrected chi connectivity index (χ1v) is 7.42. The highest BCUT2D eigenvalue weighted by Gasteiger charge is 2.19. The number of rotatable bonds is 7. The van der Waals surface area contributed by atoms with Crippen molar-refractivity contribution in [3.63, 3.8) is 0 Å². The Morgan fingerprint density at radius 1 is 1.38 bits per heavy atom. The molecule has 1 aliphatic rings. The monoisotopic (exact) mass is 319 g/mol. The summed E-state index contributed by atoms with van der Waals surface area (Å²) in [5.74, 6) is 1.25. The van der Waals surface area contributed by atoms with Crippen molar-refractivity contribution in [2.45, 2.75) is 57.8 Å². The van der Waals surface area contributed by atoms with E-state index >= 15 is 0 Å². The van der Waals surface area contributed by atoms with Crippen molar-refractivity contribution in [1.29, 1.82) is 0 Å². The van der Waals surface area contributed by atoms with Crippen LogP contribution in [-0.2, 0) is 15.9 Å². The number of aromatic nitrogens is 2. The Labute approximate surface area is 132 Å². The highest BCUT2D eigenvalue weighted by molar-refractivity contribution is 5.85. The van der Waals surface area contributed by atoms with Gasteiger partial charge in [0.1, 0.15) is 6.10 Å². The molecule has 2 heterocycles. The predicted molar refractivity (Wildman–Crippen MR) is 81.7 cm³/mol. The first-order chi connectivity index (χ1) is 9.69. The molecular formula is C14H26ClN3O3. The Morgan fingerprint density at radius 2 is 2.19 bits per heavy atom. The summed E-state index contributed by atoms with van der Waals surface area (Å²) in [5, 5.41) is 7.13. The average Bonchev–Trinajstić information content (AvgIpc) is 2.94. The second kappa shape index (κ2) is 9.35. The van der Waals surface area contributed by atoms with E-state index in [9.17, 15) is 0 Å². The molecule has 6 nitrogen and oxygen atoms in total. The molecule has 3 unspecified atom stereocenters. The molecule has 1 saturated heterocycles. The highest BCUT2D eigenvalue weighted by Crippen LogP contribution is 2.18. The maximum atomic E-state index is 5.78. The second-order valence-electron chi connectivity index (χ2n) is 5.41. The summed E-state index contributed by atoms with van der Waals surface area (Å²) < 4.78 is 16.7. The van der Waals surface area contributed by atoms with Crippen LogP contribution >= 0.6 is 12.4 Å². The molecule has 1 N–H and O–H groups in total. The molecule has 0 saturated carbocycles. The standard InChI is InChI=1S/C14H25N3O3.ClH/c1-10(15-3)8-13-16-14(20-17-13)11(2)19-9-12-6-4-5-7-18-12;/h10-12,15H,4-9H2,1-3H3;1H. The van der Waals surface area contributed by atoms with Gasteiger partial charge in [-0.2, -0.15) is 4.98 Å². The van der Waals surface area contributed by atoms with E-state index < -0.39 is 0 Å². The van der Waals surface area contributed by atoms with Crippen molar-refractivity contribution < 1.29 is 14.0 Å². The van der Waals surface area contributed by atoms with Gasteiger partial charge in [0.2, 0.25) is 0 Å². The number of ether oxygens (including phenoxy) is 2. The fourth-order valence-corrected chi connectivity index (χ4v) is 2.15. The van der Waals surface area contributed by atoms with Crippen molar-refractivity contribution in [3.8, 4) is 0 Å². The van der Waals surface area contributed by atoms with Crippen LogP contribution in [0.3, 0.4) is 0 Å². The van der Waals surface area contributed by atoms with Crippen LogP contribution in [0, 0.1) is 0 Å². The number of nitrogens with zero attached hydrogens (tertiary/aromatic N) is 2. The quantitative estimate of drug-likeness (QED) is 0.831. The maximum absolute atomic E-state index is 5.78. The number of nitrogens with one attached hydrogen (secondary N) is 1. The van der Waals surface area contributed by atoms with Gasteiger partial charge < -0.3 is 19.3 Å². The van der Waals surface area contributed by atoms with Gasteiger partial charge in [-0.15, -0.1) is 12.4 Å². The zero-order chi connectivity index (χ0) is 14.4. The molecule has 1 fully saturated rings. The molecule has 1 aromatic heterocycles. The molecule has 0 spiro atoms. The Bertz CT molecular complexity index is 397. The minimum Gasteiger partial charge on any atom is -0.376 e. The third kappa shape index (κ3) is 5.90. The van der Waals surface area contributed by atoms with Gasteiger partial charge in [-0.25, -0.2) is 0 Å². The SMILES string of the molecule is CNC(C)Cc1noc(C(C)OCC2CCCCO2)n1.Cl. The first-order valence-electron chi connectivity index (χ1n) is 7.42. The van der Waals surface area contributed by atoms with E-state index in [1.165, 1.54) is 6.42 Å². The molecule has 0 bridgehead atoms.